The number of benzene rings is 2. The minimum absolute atomic E-state index is 0.0473. The number of nitrogens with zero attached hydrogens (tertiary/aromatic N) is 1. The van der Waals surface area contributed by atoms with Crippen molar-refractivity contribution in [3.63, 3.8) is 0 Å². The Hall–Kier alpha value is -3.12. The summed E-state index contributed by atoms with van der Waals surface area (Å²) >= 11 is 1.41. The van der Waals surface area contributed by atoms with Gasteiger partial charge in [-0.3, -0.25) is 9.59 Å². The van der Waals surface area contributed by atoms with Crippen molar-refractivity contribution >= 4 is 50.6 Å². The molecule has 0 radical (unpaired) electrons. The molecule has 0 fully saturated rings. The highest BCUT2D eigenvalue weighted by Gasteiger charge is 2.11. The molecule has 2 aromatic carbocycles. The smallest absolute Gasteiger partial charge is 0.261 e. The van der Waals surface area contributed by atoms with Gasteiger partial charge in [-0.15, -0.1) is 11.3 Å². The molecule has 0 spiro atoms. The maximum Gasteiger partial charge on any atom is 0.261 e. The van der Waals surface area contributed by atoms with Crippen LogP contribution in [0.1, 0.15) is 29.4 Å². The summed E-state index contributed by atoms with van der Waals surface area (Å²) in [5, 5.41) is 10.0. The molecule has 0 aliphatic heterocycles. The molecule has 4 rings (SSSR count). The van der Waals surface area contributed by atoms with E-state index in [1.54, 1.807) is 6.07 Å². The first-order valence-corrected chi connectivity index (χ1v) is 10.7. The van der Waals surface area contributed by atoms with Crippen molar-refractivity contribution in [1.82, 2.24) is 9.88 Å². The summed E-state index contributed by atoms with van der Waals surface area (Å²) in [7, 11) is 0. The molecular formula is C23H23N3O2S. The standard InChI is InChI=1S/C23H23N3O2S/c1-2-26-19-8-4-3-7-17(19)18-15-16(11-12-20(18)26)25-22(27)10-5-13-24-23(28)21-9-6-14-29-21/h3-4,6-9,11-12,14-15H,2,5,10,13H2,1H3,(H,24,28)(H,25,27). The minimum Gasteiger partial charge on any atom is -0.351 e. The third-order valence-electron chi connectivity index (χ3n) is 4.98. The van der Waals surface area contributed by atoms with E-state index in [1.807, 2.05) is 35.7 Å². The summed E-state index contributed by atoms with van der Waals surface area (Å²) in [6.45, 7) is 3.51. The lowest BCUT2D eigenvalue weighted by atomic mass is 10.1. The summed E-state index contributed by atoms with van der Waals surface area (Å²) in [5.41, 5.74) is 3.17. The van der Waals surface area contributed by atoms with Crippen LogP contribution in [0, 0.1) is 0 Å². The second kappa shape index (κ2) is 8.49. The van der Waals surface area contributed by atoms with Crippen molar-refractivity contribution in [2.75, 3.05) is 11.9 Å². The highest BCUT2D eigenvalue weighted by molar-refractivity contribution is 7.12. The molecule has 29 heavy (non-hydrogen) atoms. The fourth-order valence-corrected chi connectivity index (χ4v) is 4.28. The van der Waals surface area contributed by atoms with E-state index in [1.165, 1.54) is 27.8 Å². The van der Waals surface area contributed by atoms with E-state index < -0.39 is 0 Å². The molecule has 0 saturated heterocycles. The topological polar surface area (TPSA) is 63.1 Å². The Morgan fingerprint density at radius 3 is 2.62 bits per heavy atom. The van der Waals surface area contributed by atoms with Gasteiger partial charge in [0.2, 0.25) is 5.91 Å². The maximum atomic E-state index is 12.3. The number of carbonyl (C=O) groups is 2. The molecule has 2 aromatic heterocycles. The molecule has 2 N–H and O–H groups in total. The molecule has 6 heteroatoms. The Morgan fingerprint density at radius 2 is 1.83 bits per heavy atom. The quantitative estimate of drug-likeness (QED) is 0.424. The average molecular weight is 406 g/mol. The van der Waals surface area contributed by atoms with E-state index in [4.69, 9.17) is 0 Å². The van der Waals surface area contributed by atoms with Crippen LogP contribution in [0.5, 0.6) is 0 Å². The van der Waals surface area contributed by atoms with Crippen LogP contribution >= 0.6 is 11.3 Å². The van der Waals surface area contributed by atoms with E-state index in [-0.39, 0.29) is 11.8 Å². The normalized spacial score (nSPS) is 11.1. The number of para-hydroxylation sites is 1. The monoisotopic (exact) mass is 405 g/mol. The average Bonchev–Trinajstić information content (AvgIpc) is 3.37. The third-order valence-corrected chi connectivity index (χ3v) is 5.85. The first-order valence-electron chi connectivity index (χ1n) is 9.80. The van der Waals surface area contributed by atoms with Crippen LogP contribution in [-0.2, 0) is 11.3 Å². The Morgan fingerprint density at radius 1 is 1.00 bits per heavy atom. The minimum atomic E-state index is -0.0850. The van der Waals surface area contributed by atoms with Crippen LogP contribution in [0.25, 0.3) is 21.8 Å². The third kappa shape index (κ3) is 4.03. The molecular weight excluding hydrogens is 382 g/mol. The summed E-state index contributed by atoms with van der Waals surface area (Å²) in [6, 6.07) is 18.0. The van der Waals surface area contributed by atoms with Gasteiger partial charge in [0.15, 0.2) is 0 Å². The highest BCUT2D eigenvalue weighted by atomic mass is 32.1. The number of hydrogen-bond donors (Lipinski definition) is 2. The summed E-state index contributed by atoms with van der Waals surface area (Å²) in [6.07, 6.45) is 0.958. The van der Waals surface area contributed by atoms with E-state index >= 15 is 0 Å². The molecule has 0 atom stereocenters. The molecule has 0 aliphatic carbocycles. The van der Waals surface area contributed by atoms with Crippen LogP contribution < -0.4 is 10.6 Å². The lowest BCUT2D eigenvalue weighted by Crippen LogP contribution is -2.24. The zero-order valence-corrected chi connectivity index (χ0v) is 17.1. The summed E-state index contributed by atoms with van der Waals surface area (Å²) < 4.78 is 2.28. The van der Waals surface area contributed by atoms with Crippen LogP contribution in [0.3, 0.4) is 0 Å². The first-order chi connectivity index (χ1) is 14.2. The lowest BCUT2D eigenvalue weighted by molar-refractivity contribution is -0.116. The molecule has 2 amide bonds. The summed E-state index contributed by atoms with van der Waals surface area (Å²) in [5.74, 6) is -0.132. The van der Waals surface area contributed by atoms with Gasteiger partial charge in [0.1, 0.15) is 0 Å². The first kappa shape index (κ1) is 19.2. The summed E-state index contributed by atoms with van der Waals surface area (Å²) in [4.78, 5) is 24.9. The van der Waals surface area contributed by atoms with Crippen molar-refractivity contribution in [3.05, 3.63) is 64.9 Å². The van der Waals surface area contributed by atoms with Crippen molar-refractivity contribution in [2.45, 2.75) is 26.3 Å². The Balaban J connectivity index is 1.38. The molecule has 0 saturated carbocycles. The zero-order chi connectivity index (χ0) is 20.2. The Bertz CT molecular complexity index is 1160. The number of anilines is 1. The predicted octanol–water partition coefficient (Wildman–Crippen LogP) is 5.02. The molecule has 0 bridgehead atoms. The van der Waals surface area contributed by atoms with Gasteiger partial charge in [-0.1, -0.05) is 24.3 Å². The van der Waals surface area contributed by atoms with Crippen molar-refractivity contribution in [3.8, 4) is 0 Å². The number of amides is 2. The van der Waals surface area contributed by atoms with Gasteiger partial charge < -0.3 is 15.2 Å². The fraction of sp³-hybridized carbons (Fsp3) is 0.217. The number of thiophene rings is 1. The van der Waals surface area contributed by atoms with Gasteiger partial charge in [0.25, 0.3) is 5.91 Å². The number of nitrogens with one attached hydrogen (secondary N) is 2. The van der Waals surface area contributed by atoms with Gasteiger partial charge in [0, 0.05) is 47.0 Å². The largest absolute Gasteiger partial charge is 0.351 e. The van der Waals surface area contributed by atoms with Crippen LogP contribution in [0.15, 0.2) is 60.0 Å². The number of aryl methyl sites for hydroxylation is 1. The van der Waals surface area contributed by atoms with E-state index in [0.29, 0.717) is 24.3 Å². The van der Waals surface area contributed by atoms with Gasteiger partial charge >= 0.3 is 0 Å². The predicted molar refractivity (Wildman–Crippen MR) is 120 cm³/mol. The SMILES string of the molecule is CCn1c2ccccc2c2cc(NC(=O)CCCNC(=O)c3cccs3)ccc21. The Labute approximate surface area is 173 Å². The maximum absolute atomic E-state index is 12.3. The highest BCUT2D eigenvalue weighted by Crippen LogP contribution is 2.31. The van der Waals surface area contributed by atoms with E-state index in [2.05, 4.69) is 40.3 Å². The van der Waals surface area contributed by atoms with Crippen molar-refractivity contribution < 1.29 is 9.59 Å². The van der Waals surface area contributed by atoms with Crippen molar-refractivity contribution in [1.29, 1.82) is 0 Å². The fourth-order valence-electron chi connectivity index (χ4n) is 3.64. The molecule has 0 unspecified atom stereocenters. The van der Waals surface area contributed by atoms with Gasteiger partial charge in [-0.2, -0.15) is 0 Å². The number of hydrogen-bond acceptors (Lipinski definition) is 3. The number of rotatable bonds is 7. The number of fused-ring (bicyclic) bond motifs is 3. The molecule has 2 heterocycles. The zero-order valence-electron chi connectivity index (χ0n) is 16.3. The number of aromatic nitrogens is 1. The van der Waals surface area contributed by atoms with Crippen molar-refractivity contribution in [2.24, 2.45) is 0 Å². The van der Waals surface area contributed by atoms with Gasteiger partial charge in [-0.25, -0.2) is 0 Å². The molecule has 0 aliphatic rings. The van der Waals surface area contributed by atoms with E-state index in [9.17, 15) is 9.59 Å². The lowest BCUT2D eigenvalue weighted by Gasteiger charge is -2.07. The van der Waals surface area contributed by atoms with E-state index in [0.717, 1.165) is 17.6 Å². The second-order valence-corrected chi connectivity index (χ2v) is 7.83. The van der Waals surface area contributed by atoms with Gasteiger partial charge in [0.05, 0.1) is 4.88 Å². The second-order valence-electron chi connectivity index (χ2n) is 6.88. The van der Waals surface area contributed by atoms with Crippen LogP contribution in [-0.4, -0.2) is 22.9 Å². The van der Waals surface area contributed by atoms with Crippen LogP contribution in [0.4, 0.5) is 5.69 Å². The number of carbonyl (C=O) groups excluding carboxylic acids is 2. The molecule has 148 valence electrons. The molecule has 4 aromatic rings. The molecule has 5 nitrogen and oxygen atoms in total. The van der Waals surface area contributed by atoms with Crippen LogP contribution in [0.2, 0.25) is 0 Å². The van der Waals surface area contributed by atoms with Gasteiger partial charge in [-0.05, 0) is 49.1 Å². The Kier molecular flexibility index (Phi) is 5.62.